The molecule has 9 heteroatoms. The van der Waals surface area contributed by atoms with Gasteiger partial charge in [-0.25, -0.2) is 4.31 Å². The minimum atomic E-state index is -1.99. The molecule has 1 amide bonds. The molecule has 6 heterocycles. The zero-order valence-corrected chi connectivity index (χ0v) is 36.3. The largest absolute Gasteiger partial charge is 0.374 e. The molecule has 51 heavy (non-hydrogen) atoms. The van der Waals surface area contributed by atoms with Crippen LogP contribution in [-0.2, 0) is 14.5 Å². The summed E-state index contributed by atoms with van der Waals surface area (Å²) in [5, 5.41) is 0. The van der Waals surface area contributed by atoms with Crippen LogP contribution in [0.5, 0.6) is 0 Å². The first kappa shape index (κ1) is 42.6. The Morgan fingerprint density at radius 3 is 1.18 bits per heavy atom. The second kappa shape index (κ2) is 15.5. The number of rotatable bonds is 2. The summed E-state index contributed by atoms with van der Waals surface area (Å²) in [5.74, 6) is 4.05. The number of likely N-dealkylation sites (tertiary alicyclic amines) is 5. The zero-order chi connectivity index (χ0) is 38.3. The van der Waals surface area contributed by atoms with Crippen molar-refractivity contribution in [2.24, 2.45) is 16.2 Å². The minimum absolute atomic E-state index is 0.241. The summed E-state index contributed by atoms with van der Waals surface area (Å²) in [7, 11) is -1.99. The van der Waals surface area contributed by atoms with Gasteiger partial charge in [-0.1, -0.05) is 6.58 Å². The van der Waals surface area contributed by atoms with E-state index in [1.807, 2.05) is 4.90 Å². The van der Waals surface area contributed by atoms with Gasteiger partial charge >= 0.3 is 0 Å². The van der Waals surface area contributed by atoms with Gasteiger partial charge in [0.25, 0.3) is 0 Å². The Morgan fingerprint density at radius 1 is 0.529 bits per heavy atom. The maximum Gasteiger partial charge on any atom is 0.219 e. The van der Waals surface area contributed by atoms with Crippen molar-refractivity contribution in [3.63, 3.8) is 0 Å². The third-order valence-electron chi connectivity index (χ3n) is 13.7. The van der Waals surface area contributed by atoms with Gasteiger partial charge in [0.2, 0.25) is 5.91 Å². The lowest BCUT2D eigenvalue weighted by Crippen LogP contribution is -2.61. The van der Waals surface area contributed by atoms with Crippen molar-refractivity contribution in [2.75, 3.05) is 84.8 Å². The first-order chi connectivity index (χ1) is 23.3. The highest BCUT2D eigenvalue weighted by Gasteiger charge is 2.47. The van der Waals surface area contributed by atoms with E-state index in [2.05, 4.69) is 106 Å². The van der Waals surface area contributed by atoms with Crippen molar-refractivity contribution < 1.29 is 9.00 Å². The molecule has 8 nitrogen and oxygen atoms in total. The molecule has 6 fully saturated rings. The van der Waals surface area contributed by atoms with Crippen LogP contribution in [0, 0.1) is 16.2 Å². The highest BCUT2D eigenvalue weighted by molar-refractivity contribution is 7.97. The van der Waals surface area contributed by atoms with Gasteiger partial charge in [-0.2, -0.15) is 0 Å². The van der Waals surface area contributed by atoms with Crippen molar-refractivity contribution in [3.05, 3.63) is 12.3 Å². The molecule has 296 valence electrons. The Hall–Kier alpha value is -1.13. The van der Waals surface area contributed by atoms with Crippen LogP contribution in [0.25, 0.3) is 0 Å². The van der Waals surface area contributed by atoms with Gasteiger partial charge in [-0.05, 0) is 163 Å². The summed E-state index contributed by atoms with van der Waals surface area (Å²) in [6.45, 7) is 42.4. The highest BCUT2D eigenvalue weighted by atomic mass is 32.2. The van der Waals surface area contributed by atoms with Crippen molar-refractivity contribution in [3.8, 4) is 0 Å². The lowest BCUT2D eigenvalue weighted by molar-refractivity contribution is -0.131. The molecule has 1 atom stereocenters. The molecule has 0 aliphatic carbocycles. The van der Waals surface area contributed by atoms with E-state index in [-0.39, 0.29) is 11.4 Å². The fourth-order valence-electron chi connectivity index (χ4n) is 9.48. The molecule has 0 saturated carbocycles. The van der Waals surface area contributed by atoms with Crippen LogP contribution in [0.4, 0.5) is 0 Å². The zero-order valence-electron chi connectivity index (χ0n) is 35.5. The summed E-state index contributed by atoms with van der Waals surface area (Å²) < 4.78 is 14.1. The first-order valence-electron chi connectivity index (χ1n) is 20.3. The number of piperidine rings is 3. The quantitative estimate of drug-likeness (QED) is 0.296. The van der Waals surface area contributed by atoms with Crippen molar-refractivity contribution >= 4 is 21.5 Å². The van der Waals surface area contributed by atoms with Crippen molar-refractivity contribution in [2.45, 2.75) is 144 Å². The van der Waals surface area contributed by atoms with E-state index >= 15 is 0 Å². The first-order valence-corrected chi connectivity index (χ1v) is 22.4. The van der Waals surface area contributed by atoms with E-state index in [9.17, 15) is 9.00 Å². The summed E-state index contributed by atoms with van der Waals surface area (Å²) in [6, 6.07) is 0. The molecule has 0 bridgehead atoms. The van der Waals surface area contributed by atoms with Gasteiger partial charge in [0.1, 0.15) is 0 Å². The van der Waals surface area contributed by atoms with E-state index < -0.39 is 9.71 Å². The number of carbonyl (C=O) groups is 1. The molecule has 6 aliphatic rings. The molecular weight excluding hydrogens is 653 g/mol. The normalized spacial score (nSPS) is 27.0. The van der Waals surface area contributed by atoms with E-state index in [0.29, 0.717) is 27.3 Å². The fourth-order valence-corrected chi connectivity index (χ4v) is 10.4. The van der Waals surface area contributed by atoms with E-state index in [1.165, 1.54) is 109 Å². The Labute approximate surface area is 315 Å². The SMILES string of the molecule is C=C(C)N1CC2(CCN(C(C)(C)C)CC2)C1.C=S(C)(=O)N1CCC2(CCN(C(C)(C)C)C2)CC1.CC(=O)N1CCC2(CC1)CCN(C(C)(C)C)C2. The van der Waals surface area contributed by atoms with E-state index in [1.54, 1.807) is 13.2 Å². The third kappa shape index (κ3) is 11.0. The Morgan fingerprint density at radius 2 is 0.863 bits per heavy atom. The number of hydrogen-bond donors (Lipinski definition) is 0. The van der Waals surface area contributed by atoms with Gasteiger partial charge in [-0.15, -0.1) is 0 Å². The average Bonchev–Trinajstić information content (AvgIpc) is 3.61. The highest BCUT2D eigenvalue weighted by Crippen LogP contribution is 2.45. The number of nitrogens with zero attached hydrogens (tertiary/aromatic N) is 6. The van der Waals surface area contributed by atoms with Gasteiger partial charge < -0.3 is 9.80 Å². The van der Waals surface area contributed by atoms with Gasteiger partial charge in [0.15, 0.2) is 0 Å². The summed E-state index contributed by atoms with van der Waals surface area (Å²) in [5.41, 5.74) is 3.77. The van der Waals surface area contributed by atoms with Crippen molar-refractivity contribution in [1.29, 1.82) is 0 Å². The minimum Gasteiger partial charge on any atom is -0.374 e. The van der Waals surface area contributed by atoms with E-state index in [4.69, 9.17) is 0 Å². The second-order valence-corrected chi connectivity index (χ2v) is 23.3. The Kier molecular flexibility index (Phi) is 13.0. The molecule has 0 radical (unpaired) electrons. The van der Waals surface area contributed by atoms with Crippen LogP contribution >= 0.6 is 0 Å². The predicted octanol–water partition coefficient (Wildman–Crippen LogP) is 6.67. The molecule has 6 aliphatic heterocycles. The van der Waals surface area contributed by atoms with Crippen LogP contribution in [0.3, 0.4) is 0 Å². The number of amides is 1. The summed E-state index contributed by atoms with van der Waals surface area (Å²) in [4.78, 5) is 23.6. The van der Waals surface area contributed by atoms with Crippen LogP contribution in [0.15, 0.2) is 12.3 Å². The molecular formula is C42H80N6O2S. The second-order valence-electron chi connectivity index (χ2n) is 20.8. The van der Waals surface area contributed by atoms with Crippen LogP contribution < -0.4 is 0 Å². The lowest BCUT2D eigenvalue weighted by atomic mass is 9.71. The molecule has 6 rings (SSSR count). The lowest BCUT2D eigenvalue weighted by Gasteiger charge is -2.56. The van der Waals surface area contributed by atoms with E-state index in [0.717, 1.165) is 26.2 Å². The monoisotopic (exact) mass is 733 g/mol. The third-order valence-corrected chi connectivity index (χ3v) is 15.2. The van der Waals surface area contributed by atoms with Gasteiger partial charge in [0, 0.05) is 103 Å². The summed E-state index contributed by atoms with van der Waals surface area (Å²) in [6.07, 6.45) is 11.9. The fraction of sp³-hybridized carbons (Fsp3) is 0.905. The molecule has 6 saturated heterocycles. The number of allylic oxidation sites excluding steroid dienone is 1. The molecule has 1 unspecified atom stereocenters. The number of carbonyl (C=O) groups excluding carboxylic acids is 1. The maximum atomic E-state index is 12.0. The molecule has 3 spiro atoms. The Bertz CT molecular complexity index is 1290. The molecule has 0 aromatic heterocycles. The van der Waals surface area contributed by atoms with Gasteiger partial charge in [0.05, 0.1) is 0 Å². The number of hydrogen-bond acceptors (Lipinski definition) is 6. The van der Waals surface area contributed by atoms with Crippen LogP contribution in [-0.4, -0.2) is 146 Å². The topological polar surface area (TPSA) is 53.6 Å². The predicted molar refractivity (Wildman–Crippen MR) is 220 cm³/mol. The molecule has 0 aromatic rings. The summed E-state index contributed by atoms with van der Waals surface area (Å²) >= 11 is 0. The Balaban J connectivity index is 0.000000172. The van der Waals surface area contributed by atoms with Gasteiger partial charge in [-0.3, -0.25) is 23.7 Å². The average molecular weight is 733 g/mol. The smallest absolute Gasteiger partial charge is 0.219 e. The maximum absolute atomic E-state index is 12.0. The molecule has 0 aromatic carbocycles. The van der Waals surface area contributed by atoms with Crippen LogP contribution in [0.2, 0.25) is 0 Å². The molecule has 0 N–H and O–H groups in total. The van der Waals surface area contributed by atoms with Crippen LogP contribution in [0.1, 0.15) is 128 Å². The van der Waals surface area contributed by atoms with Crippen molar-refractivity contribution in [1.82, 2.24) is 28.8 Å². The standard InChI is InChI=1S/C14H28N2OS.C14H26N2O.C14H26N2/c1-13(2,3)15-9-6-14(12-15)7-10-16(11-8-14)18(4,5)17;1-12(17)15-8-5-14(6-9-15)7-10-16(11-14)13(2,3)4;1-12(2)15-10-14(11-15)6-8-16(9-7-14)13(3,4)5/h4,6-12H2,1-3,5H3;5-11H2,1-4H3;1,6-11H2,2-5H3.